The summed E-state index contributed by atoms with van der Waals surface area (Å²) in [5, 5.41) is 3.30. The number of halogens is 1. The van der Waals surface area contributed by atoms with Crippen molar-refractivity contribution in [2.45, 2.75) is 32.2 Å². The van der Waals surface area contributed by atoms with Gasteiger partial charge in [0.15, 0.2) is 0 Å². The first-order chi connectivity index (χ1) is 8.95. The molecule has 0 aromatic heterocycles. The molecule has 1 aliphatic rings. The Kier molecular flexibility index (Phi) is 3.90. The molecule has 1 aromatic carbocycles. The Morgan fingerprint density at radius 3 is 2.58 bits per heavy atom. The first kappa shape index (κ1) is 14.0. The van der Waals surface area contributed by atoms with E-state index in [1.54, 1.807) is 6.07 Å². The zero-order chi connectivity index (χ0) is 14.0. The van der Waals surface area contributed by atoms with E-state index in [1.807, 2.05) is 18.9 Å². The van der Waals surface area contributed by atoms with Crippen LogP contribution in [-0.2, 0) is 0 Å². The molecule has 0 atom stereocenters. The summed E-state index contributed by atoms with van der Waals surface area (Å²) in [6.45, 7) is 5.44. The minimum absolute atomic E-state index is 0.0600. The van der Waals surface area contributed by atoms with Gasteiger partial charge in [0.25, 0.3) is 5.91 Å². The van der Waals surface area contributed by atoms with Gasteiger partial charge in [0, 0.05) is 24.2 Å². The van der Waals surface area contributed by atoms with Crippen molar-refractivity contribution in [3.8, 4) is 0 Å². The minimum atomic E-state index is -0.356. The lowest BCUT2D eigenvalue weighted by molar-refractivity contribution is 0.0660. The number of likely N-dealkylation sites (tertiary alicyclic amines) is 1. The van der Waals surface area contributed by atoms with E-state index in [0.29, 0.717) is 18.7 Å². The third-order valence-electron chi connectivity index (χ3n) is 4.19. The number of hydrogen-bond acceptors (Lipinski definition) is 2. The van der Waals surface area contributed by atoms with Gasteiger partial charge in [0.1, 0.15) is 5.82 Å². The Morgan fingerprint density at radius 1 is 1.37 bits per heavy atom. The molecule has 1 heterocycles. The van der Waals surface area contributed by atoms with Gasteiger partial charge in [0.2, 0.25) is 0 Å². The fourth-order valence-corrected chi connectivity index (χ4v) is 2.45. The zero-order valence-electron chi connectivity index (χ0n) is 11.8. The van der Waals surface area contributed by atoms with Gasteiger partial charge < -0.3 is 10.2 Å². The zero-order valence-corrected chi connectivity index (χ0v) is 11.8. The van der Waals surface area contributed by atoms with Gasteiger partial charge in [-0.25, -0.2) is 4.39 Å². The van der Waals surface area contributed by atoms with E-state index in [2.05, 4.69) is 12.2 Å². The highest BCUT2D eigenvalue weighted by molar-refractivity contribution is 5.95. The van der Waals surface area contributed by atoms with Crippen molar-refractivity contribution in [3.05, 3.63) is 35.1 Å². The monoisotopic (exact) mass is 264 g/mol. The van der Waals surface area contributed by atoms with Crippen LogP contribution in [0.1, 0.15) is 35.7 Å². The summed E-state index contributed by atoms with van der Waals surface area (Å²) in [6, 6.07) is 4.38. The standard InChI is InChI=1S/C15H21FN2O/c1-11-4-5-12(16)10-13(11)14(19)18-8-6-15(2,17-3)7-9-18/h4-5,10,17H,6-9H2,1-3H3. The summed E-state index contributed by atoms with van der Waals surface area (Å²) in [7, 11) is 1.95. The van der Waals surface area contributed by atoms with Gasteiger partial charge in [-0.05, 0) is 51.4 Å². The minimum Gasteiger partial charge on any atom is -0.338 e. The second-order valence-electron chi connectivity index (χ2n) is 5.56. The molecule has 1 fully saturated rings. The Bertz CT molecular complexity index is 479. The van der Waals surface area contributed by atoms with E-state index < -0.39 is 0 Å². The van der Waals surface area contributed by atoms with Crippen LogP contribution in [0.15, 0.2) is 18.2 Å². The van der Waals surface area contributed by atoms with E-state index >= 15 is 0 Å². The lowest BCUT2D eigenvalue weighted by Gasteiger charge is -2.39. The third-order valence-corrected chi connectivity index (χ3v) is 4.19. The Balaban J connectivity index is 2.11. The topological polar surface area (TPSA) is 32.3 Å². The maximum Gasteiger partial charge on any atom is 0.254 e. The van der Waals surface area contributed by atoms with Crippen LogP contribution >= 0.6 is 0 Å². The first-order valence-electron chi connectivity index (χ1n) is 6.69. The number of rotatable bonds is 2. The number of nitrogens with zero attached hydrogens (tertiary/aromatic N) is 1. The molecule has 3 nitrogen and oxygen atoms in total. The summed E-state index contributed by atoms with van der Waals surface area (Å²) in [6.07, 6.45) is 1.84. The van der Waals surface area contributed by atoms with Gasteiger partial charge in [0.05, 0.1) is 0 Å². The van der Waals surface area contributed by atoms with Crippen LogP contribution in [0.3, 0.4) is 0 Å². The number of amides is 1. The van der Waals surface area contributed by atoms with E-state index in [0.717, 1.165) is 18.4 Å². The van der Waals surface area contributed by atoms with Crippen LogP contribution in [0, 0.1) is 12.7 Å². The number of hydrogen-bond donors (Lipinski definition) is 1. The van der Waals surface area contributed by atoms with Crippen molar-refractivity contribution in [3.63, 3.8) is 0 Å². The van der Waals surface area contributed by atoms with Gasteiger partial charge in [-0.2, -0.15) is 0 Å². The van der Waals surface area contributed by atoms with E-state index in [9.17, 15) is 9.18 Å². The highest BCUT2D eigenvalue weighted by Crippen LogP contribution is 2.23. The van der Waals surface area contributed by atoms with Gasteiger partial charge >= 0.3 is 0 Å². The second kappa shape index (κ2) is 5.29. The van der Waals surface area contributed by atoms with Gasteiger partial charge in [-0.3, -0.25) is 4.79 Å². The lowest BCUT2D eigenvalue weighted by Crippen LogP contribution is -2.51. The molecule has 1 aliphatic heterocycles. The predicted molar refractivity (Wildman–Crippen MR) is 73.7 cm³/mol. The Hall–Kier alpha value is -1.42. The number of carbonyl (C=O) groups is 1. The average molecular weight is 264 g/mol. The molecule has 4 heteroatoms. The van der Waals surface area contributed by atoms with Crippen molar-refractivity contribution in [1.29, 1.82) is 0 Å². The number of nitrogens with one attached hydrogen (secondary N) is 1. The lowest BCUT2D eigenvalue weighted by atomic mass is 9.89. The molecule has 0 spiro atoms. The van der Waals surface area contributed by atoms with Crippen LogP contribution in [0.2, 0.25) is 0 Å². The largest absolute Gasteiger partial charge is 0.338 e. The fourth-order valence-electron chi connectivity index (χ4n) is 2.45. The normalized spacial score (nSPS) is 18.4. The number of carbonyl (C=O) groups excluding carboxylic acids is 1. The molecule has 0 radical (unpaired) electrons. The molecule has 19 heavy (non-hydrogen) atoms. The third kappa shape index (κ3) is 2.95. The molecule has 1 saturated heterocycles. The molecular formula is C15H21FN2O. The van der Waals surface area contributed by atoms with Crippen molar-refractivity contribution in [2.24, 2.45) is 0 Å². The summed E-state index contributed by atoms with van der Waals surface area (Å²) in [5.74, 6) is -0.416. The van der Waals surface area contributed by atoms with Crippen LogP contribution < -0.4 is 5.32 Å². The fraction of sp³-hybridized carbons (Fsp3) is 0.533. The maximum atomic E-state index is 13.3. The molecule has 0 bridgehead atoms. The molecule has 0 aliphatic carbocycles. The molecule has 104 valence electrons. The summed E-state index contributed by atoms with van der Waals surface area (Å²) >= 11 is 0. The van der Waals surface area contributed by atoms with Crippen LogP contribution in [0.25, 0.3) is 0 Å². The summed E-state index contributed by atoms with van der Waals surface area (Å²) in [4.78, 5) is 14.2. The van der Waals surface area contributed by atoms with Gasteiger partial charge in [-0.15, -0.1) is 0 Å². The molecule has 1 N–H and O–H groups in total. The SMILES string of the molecule is CNC1(C)CCN(C(=O)c2cc(F)ccc2C)CC1. The first-order valence-corrected chi connectivity index (χ1v) is 6.69. The van der Waals surface area contributed by atoms with Crippen molar-refractivity contribution < 1.29 is 9.18 Å². The predicted octanol–water partition coefficient (Wildman–Crippen LogP) is 2.35. The Labute approximate surface area is 113 Å². The molecule has 1 amide bonds. The summed E-state index contributed by atoms with van der Waals surface area (Å²) < 4.78 is 13.3. The second-order valence-corrected chi connectivity index (χ2v) is 5.56. The molecular weight excluding hydrogens is 243 g/mol. The van der Waals surface area contributed by atoms with Crippen LogP contribution in [0.5, 0.6) is 0 Å². The molecule has 1 aromatic rings. The quantitative estimate of drug-likeness (QED) is 0.889. The molecule has 0 saturated carbocycles. The van der Waals surface area contributed by atoms with Crippen molar-refractivity contribution in [2.75, 3.05) is 20.1 Å². The summed E-state index contributed by atoms with van der Waals surface area (Å²) in [5.41, 5.74) is 1.41. The van der Waals surface area contributed by atoms with Crippen LogP contribution in [-0.4, -0.2) is 36.5 Å². The number of aryl methyl sites for hydroxylation is 1. The van der Waals surface area contributed by atoms with Gasteiger partial charge in [-0.1, -0.05) is 6.07 Å². The highest BCUT2D eigenvalue weighted by Gasteiger charge is 2.31. The maximum absolute atomic E-state index is 13.3. The molecule has 2 rings (SSSR count). The molecule has 0 unspecified atom stereocenters. The van der Waals surface area contributed by atoms with E-state index in [-0.39, 0.29) is 17.3 Å². The Morgan fingerprint density at radius 2 is 2.00 bits per heavy atom. The van der Waals surface area contributed by atoms with E-state index in [1.165, 1.54) is 12.1 Å². The van der Waals surface area contributed by atoms with Crippen molar-refractivity contribution in [1.82, 2.24) is 10.2 Å². The van der Waals surface area contributed by atoms with Crippen molar-refractivity contribution >= 4 is 5.91 Å². The number of piperidine rings is 1. The highest BCUT2D eigenvalue weighted by atomic mass is 19.1. The van der Waals surface area contributed by atoms with E-state index in [4.69, 9.17) is 0 Å². The number of benzene rings is 1. The average Bonchev–Trinajstić information content (AvgIpc) is 2.42. The smallest absolute Gasteiger partial charge is 0.254 e. The van der Waals surface area contributed by atoms with Crippen LogP contribution in [0.4, 0.5) is 4.39 Å².